The van der Waals surface area contributed by atoms with Crippen molar-refractivity contribution in [3.8, 4) is 11.3 Å². The fourth-order valence-electron chi connectivity index (χ4n) is 2.80. The molecule has 30 heavy (non-hydrogen) atoms. The lowest BCUT2D eigenvalue weighted by Gasteiger charge is -2.11. The molecule has 2 heterocycles. The maximum atomic E-state index is 12.7. The van der Waals surface area contributed by atoms with Gasteiger partial charge in [-0.2, -0.15) is 0 Å². The van der Waals surface area contributed by atoms with Crippen LogP contribution >= 0.6 is 23.4 Å². The first-order valence-electron chi connectivity index (χ1n) is 8.49. The molecule has 10 heteroatoms. The van der Waals surface area contributed by atoms with Gasteiger partial charge in [-0.1, -0.05) is 11.6 Å². The fraction of sp³-hybridized carbons (Fsp3) is 0. The number of carbonyl (C=O) groups is 2. The van der Waals surface area contributed by atoms with Gasteiger partial charge in [0.05, 0.1) is 15.5 Å². The Kier molecular flexibility index (Phi) is 5.29. The number of benzene rings is 2. The Morgan fingerprint density at radius 1 is 0.967 bits per heavy atom. The topological polar surface area (TPSA) is 111 Å². The van der Waals surface area contributed by atoms with E-state index >= 15 is 0 Å². The van der Waals surface area contributed by atoms with Crippen LogP contribution in [0.3, 0.4) is 0 Å². The van der Waals surface area contributed by atoms with Gasteiger partial charge >= 0.3 is 0 Å². The summed E-state index contributed by atoms with van der Waals surface area (Å²) in [5, 5.41) is 5.18. The summed E-state index contributed by atoms with van der Waals surface area (Å²) in [5.41, 5.74) is 1.07. The van der Waals surface area contributed by atoms with Gasteiger partial charge in [-0.3, -0.25) is 9.59 Å². The Bertz CT molecular complexity index is 1280. The standard InChI is InChI=1S/C20H13ClN2O5S2/c21-13-3-5-14(6-4-13)23-19(24)18(29-20(23)25)11-15-7-10-17(28-15)12-1-8-16(9-2-12)30(22,26)27/h1-11H,(H2,22,26,27)/b18-11-. The quantitative estimate of drug-likeness (QED) is 0.574. The minimum Gasteiger partial charge on any atom is -0.457 e. The molecule has 1 aromatic heterocycles. The van der Waals surface area contributed by atoms with Gasteiger partial charge in [0.2, 0.25) is 10.0 Å². The van der Waals surface area contributed by atoms with Gasteiger partial charge in [-0.05, 0) is 72.4 Å². The molecule has 2 amide bonds. The number of amides is 2. The normalized spacial score (nSPS) is 15.9. The highest BCUT2D eigenvalue weighted by Gasteiger charge is 2.36. The minimum absolute atomic E-state index is 0.00565. The highest BCUT2D eigenvalue weighted by Crippen LogP contribution is 2.36. The molecule has 2 aromatic carbocycles. The van der Waals surface area contributed by atoms with Gasteiger partial charge < -0.3 is 4.42 Å². The van der Waals surface area contributed by atoms with Crippen LogP contribution in [0.25, 0.3) is 17.4 Å². The van der Waals surface area contributed by atoms with Crippen molar-refractivity contribution in [1.82, 2.24) is 0 Å². The zero-order valence-electron chi connectivity index (χ0n) is 15.1. The van der Waals surface area contributed by atoms with Crippen LogP contribution in [0.5, 0.6) is 0 Å². The van der Waals surface area contributed by atoms with Gasteiger partial charge in [0.25, 0.3) is 11.1 Å². The van der Waals surface area contributed by atoms with Crippen LogP contribution < -0.4 is 10.0 Å². The van der Waals surface area contributed by atoms with Crippen LogP contribution in [-0.4, -0.2) is 19.6 Å². The molecule has 4 rings (SSSR count). The summed E-state index contributed by atoms with van der Waals surface area (Å²) in [4.78, 5) is 26.3. The molecule has 0 spiro atoms. The Morgan fingerprint density at radius 3 is 2.27 bits per heavy atom. The largest absolute Gasteiger partial charge is 0.457 e. The molecule has 1 aliphatic heterocycles. The predicted molar refractivity (Wildman–Crippen MR) is 115 cm³/mol. The smallest absolute Gasteiger partial charge is 0.298 e. The number of hydrogen-bond donors (Lipinski definition) is 1. The highest BCUT2D eigenvalue weighted by molar-refractivity contribution is 8.19. The van der Waals surface area contributed by atoms with Crippen LogP contribution in [-0.2, 0) is 14.8 Å². The van der Waals surface area contributed by atoms with Crippen molar-refractivity contribution >= 4 is 56.3 Å². The number of halogens is 1. The number of nitrogens with zero attached hydrogens (tertiary/aromatic N) is 1. The van der Waals surface area contributed by atoms with Gasteiger partial charge in [0, 0.05) is 16.7 Å². The van der Waals surface area contributed by atoms with Crippen molar-refractivity contribution in [1.29, 1.82) is 0 Å². The number of anilines is 1. The maximum absolute atomic E-state index is 12.7. The highest BCUT2D eigenvalue weighted by atomic mass is 35.5. The number of imide groups is 1. The number of carbonyl (C=O) groups excluding carboxylic acids is 2. The van der Waals surface area contributed by atoms with Crippen molar-refractivity contribution in [2.75, 3.05) is 4.90 Å². The van der Waals surface area contributed by atoms with E-state index in [2.05, 4.69) is 0 Å². The molecular formula is C20H13ClN2O5S2. The molecule has 152 valence electrons. The summed E-state index contributed by atoms with van der Waals surface area (Å²) in [6.07, 6.45) is 1.49. The van der Waals surface area contributed by atoms with Crippen molar-refractivity contribution in [2.45, 2.75) is 4.90 Å². The molecule has 0 unspecified atom stereocenters. The molecule has 0 saturated carbocycles. The van der Waals surface area contributed by atoms with Crippen LogP contribution in [0.15, 0.2) is 74.9 Å². The molecule has 3 aromatic rings. The second-order valence-electron chi connectivity index (χ2n) is 6.26. The van der Waals surface area contributed by atoms with E-state index < -0.39 is 21.2 Å². The summed E-state index contributed by atoms with van der Waals surface area (Å²) in [6.45, 7) is 0. The lowest BCUT2D eigenvalue weighted by Crippen LogP contribution is -2.27. The maximum Gasteiger partial charge on any atom is 0.298 e. The number of nitrogens with two attached hydrogens (primary N) is 1. The van der Waals surface area contributed by atoms with E-state index in [1.807, 2.05) is 0 Å². The van der Waals surface area contributed by atoms with Crippen molar-refractivity contribution in [3.63, 3.8) is 0 Å². The van der Waals surface area contributed by atoms with Crippen molar-refractivity contribution in [3.05, 3.63) is 76.4 Å². The zero-order chi connectivity index (χ0) is 21.5. The molecule has 2 N–H and O–H groups in total. The van der Waals surface area contributed by atoms with E-state index in [9.17, 15) is 18.0 Å². The lowest BCUT2D eigenvalue weighted by atomic mass is 10.2. The minimum atomic E-state index is -3.78. The first-order chi connectivity index (χ1) is 14.2. The van der Waals surface area contributed by atoms with E-state index in [4.69, 9.17) is 21.2 Å². The molecule has 1 fully saturated rings. The average Bonchev–Trinajstić information content (AvgIpc) is 3.27. The third kappa shape index (κ3) is 4.05. The van der Waals surface area contributed by atoms with E-state index in [1.165, 1.54) is 18.2 Å². The first kappa shape index (κ1) is 20.4. The number of sulfonamides is 1. The van der Waals surface area contributed by atoms with Crippen LogP contribution in [0.2, 0.25) is 5.02 Å². The Labute approximate surface area is 181 Å². The van der Waals surface area contributed by atoms with Gasteiger partial charge in [0.15, 0.2) is 0 Å². The van der Waals surface area contributed by atoms with Gasteiger partial charge in [-0.25, -0.2) is 18.5 Å². The van der Waals surface area contributed by atoms with E-state index in [-0.39, 0.29) is 9.80 Å². The monoisotopic (exact) mass is 460 g/mol. The van der Waals surface area contributed by atoms with Crippen LogP contribution in [0.1, 0.15) is 5.76 Å². The summed E-state index contributed by atoms with van der Waals surface area (Å²) >= 11 is 6.67. The number of primary sulfonamides is 1. The second-order valence-corrected chi connectivity index (χ2v) is 9.26. The number of hydrogen-bond acceptors (Lipinski definition) is 6. The Balaban J connectivity index is 1.57. The number of rotatable bonds is 4. The molecular weight excluding hydrogens is 448 g/mol. The van der Waals surface area contributed by atoms with Crippen molar-refractivity contribution < 1.29 is 22.4 Å². The zero-order valence-corrected chi connectivity index (χ0v) is 17.5. The SMILES string of the molecule is NS(=O)(=O)c1ccc(-c2ccc(/C=C3\SC(=O)N(c4ccc(Cl)cc4)C3=O)o2)cc1. The molecule has 0 radical (unpaired) electrons. The lowest BCUT2D eigenvalue weighted by molar-refractivity contribution is -0.113. The number of thioether (sulfide) groups is 1. The van der Waals surface area contributed by atoms with E-state index in [0.717, 1.165) is 16.7 Å². The summed E-state index contributed by atoms with van der Waals surface area (Å²) < 4.78 is 28.4. The third-order valence-corrected chi connectivity index (χ3v) is 6.30. The van der Waals surface area contributed by atoms with E-state index in [0.29, 0.717) is 27.8 Å². The molecule has 0 aliphatic carbocycles. The summed E-state index contributed by atoms with van der Waals surface area (Å²) in [7, 11) is -3.78. The molecule has 1 aliphatic rings. The van der Waals surface area contributed by atoms with Gasteiger partial charge in [0.1, 0.15) is 11.5 Å². The molecule has 1 saturated heterocycles. The Morgan fingerprint density at radius 2 is 1.63 bits per heavy atom. The Hall–Kier alpha value is -2.85. The van der Waals surface area contributed by atoms with Crippen LogP contribution in [0, 0.1) is 0 Å². The van der Waals surface area contributed by atoms with Gasteiger partial charge in [-0.15, -0.1) is 0 Å². The third-order valence-electron chi connectivity index (χ3n) is 4.25. The molecule has 0 atom stereocenters. The summed E-state index contributed by atoms with van der Waals surface area (Å²) in [5.74, 6) is 0.393. The van der Waals surface area contributed by atoms with Crippen molar-refractivity contribution in [2.24, 2.45) is 5.14 Å². The molecule has 0 bridgehead atoms. The van der Waals surface area contributed by atoms with E-state index in [1.54, 1.807) is 48.5 Å². The predicted octanol–water partition coefficient (Wildman–Crippen LogP) is 4.49. The van der Waals surface area contributed by atoms with Crippen LogP contribution in [0.4, 0.5) is 10.5 Å². The number of furan rings is 1. The summed E-state index contributed by atoms with van der Waals surface area (Å²) in [6, 6.07) is 15.6. The fourth-order valence-corrected chi connectivity index (χ4v) is 4.27. The second kappa shape index (κ2) is 7.77. The first-order valence-corrected chi connectivity index (χ1v) is 11.2. The molecule has 7 nitrogen and oxygen atoms in total. The average molecular weight is 461 g/mol.